The van der Waals surface area contributed by atoms with E-state index >= 15 is 0 Å². The highest BCUT2D eigenvalue weighted by Gasteiger charge is 2.29. The molecule has 1 atom stereocenters. The SMILES string of the molecule is CN1CCN(C2CCc3cc(N)ccc32)CC1. The molecule has 17 heavy (non-hydrogen) atoms. The number of piperazine rings is 1. The summed E-state index contributed by atoms with van der Waals surface area (Å²) < 4.78 is 0. The number of nitrogen functional groups attached to an aromatic ring is 1. The maximum Gasteiger partial charge on any atom is 0.0355 e. The van der Waals surface area contributed by atoms with E-state index in [0.29, 0.717) is 6.04 Å². The van der Waals surface area contributed by atoms with Crippen molar-refractivity contribution >= 4 is 5.69 Å². The lowest BCUT2D eigenvalue weighted by Crippen LogP contribution is -2.45. The van der Waals surface area contributed by atoms with Gasteiger partial charge < -0.3 is 10.6 Å². The highest BCUT2D eigenvalue weighted by atomic mass is 15.3. The van der Waals surface area contributed by atoms with Crippen molar-refractivity contribution in [3.63, 3.8) is 0 Å². The standard InChI is InChI=1S/C14H21N3/c1-16-6-8-17(9-7-16)14-5-2-11-10-12(15)3-4-13(11)14/h3-4,10,14H,2,5-9,15H2,1H3. The van der Waals surface area contributed by atoms with Crippen LogP contribution in [0.1, 0.15) is 23.6 Å². The molecule has 92 valence electrons. The van der Waals surface area contributed by atoms with Gasteiger partial charge in [0.2, 0.25) is 0 Å². The fraction of sp³-hybridized carbons (Fsp3) is 0.571. The van der Waals surface area contributed by atoms with Crippen molar-refractivity contribution in [1.29, 1.82) is 0 Å². The van der Waals surface area contributed by atoms with E-state index in [-0.39, 0.29) is 0 Å². The second-order valence-electron chi connectivity index (χ2n) is 5.35. The second kappa shape index (κ2) is 4.31. The van der Waals surface area contributed by atoms with Crippen LogP contribution in [0.5, 0.6) is 0 Å². The van der Waals surface area contributed by atoms with Crippen molar-refractivity contribution in [3.05, 3.63) is 29.3 Å². The summed E-state index contributed by atoms with van der Waals surface area (Å²) in [5, 5.41) is 0. The van der Waals surface area contributed by atoms with Crippen LogP contribution in [0.15, 0.2) is 18.2 Å². The molecular formula is C14H21N3. The van der Waals surface area contributed by atoms with E-state index < -0.39 is 0 Å². The first-order valence-electron chi connectivity index (χ1n) is 6.55. The van der Waals surface area contributed by atoms with Gasteiger partial charge in [0.15, 0.2) is 0 Å². The summed E-state index contributed by atoms with van der Waals surface area (Å²) >= 11 is 0. The van der Waals surface area contributed by atoms with Gasteiger partial charge in [-0.3, -0.25) is 4.90 Å². The fourth-order valence-corrected chi connectivity index (χ4v) is 3.13. The van der Waals surface area contributed by atoms with Gasteiger partial charge in [-0.1, -0.05) is 6.07 Å². The van der Waals surface area contributed by atoms with Crippen LogP contribution in [0.4, 0.5) is 5.69 Å². The van der Waals surface area contributed by atoms with Crippen LogP contribution in [0, 0.1) is 0 Å². The van der Waals surface area contributed by atoms with Gasteiger partial charge in [-0.25, -0.2) is 0 Å². The molecule has 1 fully saturated rings. The Kier molecular flexibility index (Phi) is 2.81. The number of rotatable bonds is 1. The summed E-state index contributed by atoms with van der Waals surface area (Å²) in [6.07, 6.45) is 2.46. The van der Waals surface area contributed by atoms with E-state index in [1.807, 2.05) is 6.07 Å². The minimum Gasteiger partial charge on any atom is -0.399 e. The monoisotopic (exact) mass is 231 g/mol. The number of nitrogens with zero attached hydrogens (tertiary/aromatic N) is 2. The maximum absolute atomic E-state index is 5.85. The smallest absolute Gasteiger partial charge is 0.0355 e. The van der Waals surface area contributed by atoms with Gasteiger partial charge in [-0.05, 0) is 43.1 Å². The molecule has 1 aliphatic carbocycles. The lowest BCUT2D eigenvalue weighted by atomic mass is 10.1. The number of hydrogen-bond acceptors (Lipinski definition) is 3. The van der Waals surface area contributed by atoms with Crippen molar-refractivity contribution < 1.29 is 0 Å². The molecule has 3 rings (SSSR count). The van der Waals surface area contributed by atoms with Crippen LogP contribution in [0.25, 0.3) is 0 Å². The van der Waals surface area contributed by atoms with E-state index in [9.17, 15) is 0 Å². The average molecular weight is 231 g/mol. The van der Waals surface area contributed by atoms with E-state index in [1.54, 1.807) is 0 Å². The minimum absolute atomic E-state index is 0.638. The van der Waals surface area contributed by atoms with Gasteiger partial charge in [0, 0.05) is 37.9 Å². The van der Waals surface area contributed by atoms with Crippen molar-refractivity contribution in [3.8, 4) is 0 Å². The predicted octanol–water partition coefficient (Wildman–Crippen LogP) is 1.50. The van der Waals surface area contributed by atoms with Gasteiger partial charge >= 0.3 is 0 Å². The largest absolute Gasteiger partial charge is 0.399 e. The predicted molar refractivity (Wildman–Crippen MR) is 71.0 cm³/mol. The Morgan fingerprint density at radius 3 is 2.71 bits per heavy atom. The Morgan fingerprint density at radius 2 is 1.94 bits per heavy atom. The number of benzene rings is 1. The molecule has 1 unspecified atom stereocenters. The van der Waals surface area contributed by atoms with Gasteiger partial charge in [-0.2, -0.15) is 0 Å². The zero-order valence-corrected chi connectivity index (χ0v) is 10.5. The quantitative estimate of drug-likeness (QED) is 0.744. The number of hydrogen-bond donors (Lipinski definition) is 1. The third kappa shape index (κ3) is 2.05. The van der Waals surface area contributed by atoms with Crippen LogP contribution >= 0.6 is 0 Å². The molecule has 2 N–H and O–H groups in total. The topological polar surface area (TPSA) is 32.5 Å². The third-order valence-corrected chi connectivity index (χ3v) is 4.19. The first kappa shape index (κ1) is 11.1. The van der Waals surface area contributed by atoms with Crippen molar-refractivity contribution in [2.45, 2.75) is 18.9 Å². The van der Waals surface area contributed by atoms with Gasteiger partial charge in [-0.15, -0.1) is 0 Å². The molecule has 1 aromatic carbocycles. The molecule has 1 heterocycles. The van der Waals surface area contributed by atoms with Crippen LogP contribution in [0.2, 0.25) is 0 Å². The molecule has 3 nitrogen and oxygen atoms in total. The van der Waals surface area contributed by atoms with Crippen molar-refractivity contribution in [1.82, 2.24) is 9.80 Å². The molecule has 0 saturated carbocycles. The number of aryl methyl sites for hydroxylation is 1. The number of anilines is 1. The molecule has 0 radical (unpaired) electrons. The van der Waals surface area contributed by atoms with Gasteiger partial charge in [0.05, 0.1) is 0 Å². The zero-order chi connectivity index (χ0) is 11.8. The van der Waals surface area contributed by atoms with Gasteiger partial charge in [0.1, 0.15) is 0 Å². The van der Waals surface area contributed by atoms with Crippen LogP contribution in [-0.4, -0.2) is 43.0 Å². The van der Waals surface area contributed by atoms with E-state index in [4.69, 9.17) is 5.73 Å². The highest BCUT2D eigenvalue weighted by Crippen LogP contribution is 2.36. The molecule has 0 spiro atoms. The Balaban J connectivity index is 1.79. The highest BCUT2D eigenvalue weighted by molar-refractivity contribution is 5.47. The van der Waals surface area contributed by atoms with E-state index in [0.717, 1.165) is 5.69 Å². The molecule has 2 aliphatic rings. The van der Waals surface area contributed by atoms with Crippen molar-refractivity contribution in [2.75, 3.05) is 39.0 Å². The lowest BCUT2D eigenvalue weighted by molar-refractivity contribution is 0.111. The van der Waals surface area contributed by atoms with E-state index in [1.165, 1.54) is 50.1 Å². The molecule has 0 aromatic heterocycles. The summed E-state index contributed by atoms with van der Waals surface area (Å²) in [6.45, 7) is 4.79. The molecule has 0 amide bonds. The summed E-state index contributed by atoms with van der Waals surface area (Å²) in [6, 6.07) is 7.08. The van der Waals surface area contributed by atoms with Crippen LogP contribution < -0.4 is 5.73 Å². The molecule has 1 saturated heterocycles. The summed E-state index contributed by atoms with van der Waals surface area (Å²) in [5.74, 6) is 0. The van der Waals surface area contributed by atoms with E-state index in [2.05, 4.69) is 29.0 Å². The van der Waals surface area contributed by atoms with Crippen LogP contribution in [0.3, 0.4) is 0 Å². The van der Waals surface area contributed by atoms with Crippen LogP contribution in [-0.2, 0) is 6.42 Å². The Labute approximate surface area is 103 Å². The fourth-order valence-electron chi connectivity index (χ4n) is 3.13. The first-order chi connectivity index (χ1) is 8.24. The molecule has 1 aromatic rings. The average Bonchev–Trinajstić information content (AvgIpc) is 2.73. The Hall–Kier alpha value is -1.06. The second-order valence-corrected chi connectivity index (χ2v) is 5.35. The maximum atomic E-state index is 5.85. The summed E-state index contributed by atoms with van der Waals surface area (Å²) in [5.41, 5.74) is 9.74. The molecule has 3 heteroatoms. The Morgan fingerprint density at radius 1 is 1.18 bits per heavy atom. The zero-order valence-electron chi connectivity index (χ0n) is 10.5. The first-order valence-corrected chi connectivity index (χ1v) is 6.55. The lowest BCUT2D eigenvalue weighted by Gasteiger charge is -2.36. The minimum atomic E-state index is 0.638. The summed E-state index contributed by atoms with van der Waals surface area (Å²) in [7, 11) is 2.21. The third-order valence-electron chi connectivity index (χ3n) is 4.19. The molecular weight excluding hydrogens is 210 g/mol. The molecule has 0 bridgehead atoms. The molecule has 1 aliphatic heterocycles. The van der Waals surface area contributed by atoms with Gasteiger partial charge in [0.25, 0.3) is 0 Å². The summed E-state index contributed by atoms with van der Waals surface area (Å²) in [4.78, 5) is 5.05. The number of fused-ring (bicyclic) bond motifs is 1. The Bertz CT molecular complexity index is 408. The number of nitrogens with two attached hydrogens (primary N) is 1. The van der Waals surface area contributed by atoms with Crippen molar-refractivity contribution in [2.24, 2.45) is 0 Å². The number of likely N-dealkylation sites (N-methyl/N-ethyl adjacent to an activating group) is 1. The normalized spacial score (nSPS) is 26.1.